The summed E-state index contributed by atoms with van der Waals surface area (Å²) in [6, 6.07) is 5.70. The van der Waals surface area contributed by atoms with Crippen molar-refractivity contribution in [3.05, 3.63) is 27.5 Å². The molecule has 0 fully saturated rings. The molecule has 0 bridgehead atoms. The number of ether oxygens (including phenoxy) is 1. The summed E-state index contributed by atoms with van der Waals surface area (Å²) in [5.41, 5.74) is 5.46. The van der Waals surface area contributed by atoms with Crippen molar-refractivity contribution in [3.8, 4) is 5.75 Å². The van der Waals surface area contributed by atoms with Crippen molar-refractivity contribution in [2.45, 2.75) is 0 Å². The van der Waals surface area contributed by atoms with Gasteiger partial charge in [0.2, 0.25) is 0 Å². The van der Waals surface area contributed by atoms with Gasteiger partial charge in [0.25, 0.3) is 0 Å². The number of hydrogen-bond acceptors (Lipinski definition) is 3. The van der Waals surface area contributed by atoms with Crippen molar-refractivity contribution in [1.29, 1.82) is 5.41 Å². The fourth-order valence-corrected chi connectivity index (χ4v) is 2.91. The molecule has 0 unspecified atom stereocenters. The predicted octanol–water partition coefficient (Wildman–Crippen LogP) is 2.96. The summed E-state index contributed by atoms with van der Waals surface area (Å²) in [5, 5.41) is 8.39. The SMILES string of the molecule is COc1ccc(Br)c2sc(C(=N)N)cc12. The average molecular weight is 285 g/mol. The number of fused-ring (bicyclic) bond motifs is 1. The summed E-state index contributed by atoms with van der Waals surface area (Å²) < 4.78 is 7.30. The van der Waals surface area contributed by atoms with E-state index >= 15 is 0 Å². The molecule has 3 nitrogen and oxygen atoms in total. The predicted molar refractivity (Wildman–Crippen MR) is 67.1 cm³/mol. The summed E-state index contributed by atoms with van der Waals surface area (Å²) in [5.74, 6) is 0.891. The Morgan fingerprint density at radius 1 is 1.53 bits per heavy atom. The number of benzene rings is 1. The standard InChI is InChI=1S/C10H9BrN2OS/c1-14-7-3-2-6(11)9-5(7)4-8(15-9)10(12)13/h2-4H,1H3,(H3,12,13). The zero-order chi connectivity index (χ0) is 11.0. The van der Waals surface area contributed by atoms with E-state index in [0.717, 1.165) is 25.2 Å². The van der Waals surface area contributed by atoms with Crippen LogP contribution in [0.3, 0.4) is 0 Å². The van der Waals surface area contributed by atoms with Gasteiger partial charge in [-0.05, 0) is 34.1 Å². The van der Waals surface area contributed by atoms with Gasteiger partial charge in [0, 0.05) is 9.86 Å². The highest BCUT2D eigenvalue weighted by molar-refractivity contribution is 9.10. The Morgan fingerprint density at radius 2 is 2.27 bits per heavy atom. The van der Waals surface area contributed by atoms with Gasteiger partial charge in [-0.15, -0.1) is 11.3 Å². The zero-order valence-corrected chi connectivity index (χ0v) is 10.4. The molecule has 0 spiro atoms. The van der Waals surface area contributed by atoms with E-state index in [0.29, 0.717) is 0 Å². The number of thiophene rings is 1. The molecule has 3 N–H and O–H groups in total. The Kier molecular flexibility index (Phi) is 2.67. The smallest absolute Gasteiger partial charge is 0.133 e. The molecule has 15 heavy (non-hydrogen) atoms. The van der Waals surface area contributed by atoms with Crippen molar-refractivity contribution in [2.75, 3.05) is 7.11 Å². The Hall–Kier alpha value is -1.07. The van der Waals surface area contributed by atoms with Crippen LogP contribution >= 0.6 is 27.3 Å². The lowest BCUT2D eigenvalue weighted by Crippen LogP contribution is -2.08. The minimum atomic E-state index is 0.0881. The third-order valence-electron chi connectivity index (χ3n) is 2.08. The monoisotopic (exact) mass is 284 g/mol. The molecule has 0 atom stereocenters. The highest BCUT2D eigenvalue weighted by Gasteiger charge is 2.10. The van der Waals surface area contributed by atoms with Crippen LogP contribution in [0, 0.1) is 5.41 Å². The molecule has 2 rings (SSSR count). The molecule has 0 aliphatic heterocycles. The normalized spacial score (nSPS) is 10.5. The van der Waals surface area contributed by atoms with E-state index in [2.05, 4.69) is 15.9 Å². The van der Waals surface area contributed by atoms with Crippen LogP contribution in [0.2, 0.25) is 0 Å². The first-order valence-corrected chi connectivity index (χ1v) is 5.85. The Bertz CT molecular complexity index is 535. The van der Waals surface area contributed by atoms with Gasteiger partial charge in [-0.3, -0.25) is 5.41 Å². The summed E-state index contributed by atoms with van der Waals surface area (Å²) in [4.78, 5) is 0.759. The second kappa shape index (κ2) is 3.83. The largest absolute Gasteiger partial charge is 0.496 e. The van der Waals surface area contributed by atoms with Crippen LogP contribution in [0.1, 0.15) is 4.88 Å². The van der Waals surface area contributed by atoms with Gasteiger partial charge in [0.1, 0.15) is 11.6 Å². The first-order valence-electron chi connectivity index (χ1n) is 4.24. The highest BCUT2D eigenvalue weighted by atomic mass is 79.9. The van der Waals surface area contributed by atoms with Gasteiger partial charge >= 0.3 is 0 Å². The van der Waals surface area contributed by atoms with Crippen LogP contribution < -0.4 is 10.5 Å². The van der Waals surface area contributed by atoms with Crippen LogP contribution in [0.25, 0.3) is 10.1 Å². The second-order valence-electron chi connectivity index (χ2n) is 3.02. The van der Waals surface area contributed by atoms with Crippen LogP contribution in [0.4, 0.5) is 0 Å². The van der Waals surface area contributed by atoms with E-state index < -0.39 is 0 Å². The van der Waals surface area contributed by atoms with Gasteiger partial charge in [-0.25, -0.2) is 0 Å². The van der Waals surface area contributed by atoms with Crippen LogP contribution in [-0.2, 0) is 0 Å². The van der Waals surface area contributed by atoms with Gasteiger partial charge in [-0.1, -0.05) is 0 Å². The number of methoxy groups -OCH3 is 1. The van der Waals surface area contributed by atoms with E-state index in [1.165, 1.54) is 11.3 Å². The minimum absolute atomic E-state index is 0.0881. The van der Waals surface area contributed by atoms with Crippen molar-refractivity contribution in [2.24, 2.45) is 5.73 Å². The number of nitrogens with two attached hydrogens (primary N) is 1. The number of rotatable bonds is 2. The molecular weight excluding hydrogens is 276 g/mol. The summed E-state index contributed by atoms with van der Waals surface area (Å²) >= 11 is 4.95. The Labute approximate surface area is 99.5 Å². The maximum Gasteiger partial charge on any atom is 0.133 e. The van der Waals surface area contributed by atoms with E-state index in [9.17, 15) is 0 Å². The Balaban J connectivity index is 2.77. The molecule has 0 aliphatic rings. The molecular formula is C10H9BrN2OS. The summed E-state index contributed by atoms with van der Waals surface area (Å²) in [6.45, 7) is 0. The third kappa shape index (κ3) is 1.72. The van der Waals surface area contributed by atoms with Gasteiger partial charge in [-0.2, -0.15) is 0 Å². The molecule has 0 radical (unpaired) electrons. The zero-order valence-electron chi connectivity index (χ0n) is 8.00. The molecule has 5 heteroatoms. The van der Waals surface area contributed by atoms with Gasteiger partial charge < -0.3 is 10.5 Å². The van der Waals surface area contributed by atoms with Crippen molar-refractivity contribution in [3.63, 3.8) is 0 Å². The Morgan fingerprint density at radius 3 is 2.87 bits per heavy atom. The number of hydrogen-bond donors (Lipinski definition) is 2. The van der Waals surface area contributed by atoms with Crippen LogP contribution in [0.5, 0.6) is 5.75 Å². The lowest BCUT2D eigenvalue weighted by atomic mass is 10.2. The topological polar surface area (TPSA) is 59.1 Å². The van der Waals surface area contributed by atoms with Crippen molar-refractivity contribution >= 4 is 43.2 Å². The first kappa shape index (κ1) is 10.4. The third-order valence-corrected chi connectivity index (χ3v) is 4.21. The number of nitrogen functional groups attached to an aromatic ring is 1. The molecule has 1 aromatic carbocycles. The minimum Gasteiger partial charge on any atom is -0.496 e. The molecule has 0 amide bonds. The van der Waals surface area contributed by atoms with Crippen molar-refractivity contribution < 1.29 is 4.74 Å². The van der Waals surface area contributed by atoms with E-state index in [1.807, 2.05) is 18.2 Å². The maximum atomic E-state index is 7.40. The van der Waals surface area contributed by atoms with E-state index in [4.69, 9.17) is 15.9 Å². The fourth-order valence-electron chi connectivity index (χ4n) is 1.38. The van der Waals surface area contributed by atoms with Crippen LogP contribution in [0.15, 0.2) is 22.7 Å². The van der Waals surface area contributed by atoms with E-state index in [1.54, 1.807) is 7.11 Å². The van der Waals surface area contributed by atoms with Crippen LogP contribution in [-0.4, -0.2) is 12.9 Å². The lowest BCUT2D eigenvalue weighted by Gasteiger charge is -2.01. The fraction of sp³-hybridized carbons (Fsp3) is 0.100. The number of nitrogens with one attached hydrogen (secondary N) is 1. The average Bonchev–Trinajstić information content (AvgIpc) is 2.64. The highest BCUT2D eigenvalue weighted by Crippen LogP contribution is 2.37. The van der Waals surface area contributed by atoms with Gasteiger partial charge in [0.05, 0.1) is 16.7 Å². The molecule has 1 heterocycles. The van der Waals surface area contributed by atoms with Crippen molar-refractivity contribution in [1.82, 2.24) is 0 Å². The molecule has 0 saturated heterocycles. The molecule has 0 saturated carbocycles. The van der Waals surface area contributed by atoms with Gasteiger partial charge in [0.15, 0.2) is 0 Å². The van der Waals surface area contributed by atoms with E-state index in [-0.39, 0.29) is 5.84 Å². The molecule has 2 aromatic rings. The number of amidine groups is 1. The summed E-state index contributed by atoms with van der Waals surface area (Å²) in [7, 11) is 1.63. The first-order chi connectivity index (χ1) is 7.13. The molecule has 0 aliphatic carbocycles. The quantitative estimate of drug-likeness (QED) is 0.658. The molecule has 78 valence electrons. The summed E-state index contributed by atoms with van der Waals surface area (Å²) in [6.07, 6.45) is 0. The maximum absolute atomic E-state index is 7.40. The molecule has 1 aromatic heterocycles. The lowest BCUT2D eigenvalue weighted by molar-refractivity contribution is 0.420. The second-order valence-corrected chi connectivity index (χ2v) is 4.92. The number of halogens is 1.